The monoisotopic (exact) mass is 488 g/mol. The zero-order valence-corrected chi connectivity index (χ0v) is 19.7. The molecule has 0 aliphatic carbocycles. The molecule has 1 atom stereocenters. The SMILES string of the molecule is N=C(N)c1ccc(OCCCC(CC(=O)O)(c2ccc3ccccc3c2)N2CCNC(=O)C2=O)cc1. The van der Waals surface area contributed by atoms with Crippen molar-refractivity contribution in [1.29, 1.82) is 5.41 Å². The van der Waals surface area contributed by atoms with Crippen LogP contribution in [0.1, 0.15) is 30.4 Å². The van der Waals surface area contributed by atoms with E-state index in [1.807, 2.05) is 42.5 Å². The van der Waals surface area contributed by atoms with Crippen LogP contribution in [0, 0.1) is 5.41 Å². The van der Waals surface area contributed by atoms with Gasteiger partial charge in [-0.15, -0.1) is 0 Å². The van der Waals surface area contributed by atoms with Crippen molar-refractivity contribution < 1.29 is 24.2 Å². The maximum absolute atomic E-state index is 13.0. The van der Waals surface area contributed by atoms with Gasteiger partial charge in [0.05, 0.1) is 18.6 Å². The maximum atomic E-state index is 13.0. The first-order chi connectivity index (χ1) is 17.3. The van der Waals surface area contributed by atoms with Crippen molar-refractivity contribution >= 4 is 34.4 Å². The second-order valence-corrected chi connectivity index (χ2v) is 8.77. The van der Waals surface area contributed by atoms with Gasteiger partial charge < -0.3 is 25.8 Å². The minimum atomic E-state index is -1.23. The molecule has 3 aromatic rings. The van der Waals surface area contributed by atoms with E-state index in [2.05, 4.69) is 5.32 Å². The number of aliphatic carboxylic acids is 1. The predicted octanol–water partition coefficient (Wildman–Crippen LogP) is 2.61. The summed E-state index contributed by atoms with van der Waals surface area (Å²) in [6, 6.07) is 20.2. The van der Waals surface area contributed by atoms with Gasteiger partial charge in [-0.2, -0.15) is 0 Å². The van der Waals surface area contributed by atoms with E-state index in [1.54, 1.807) is 24.3 Å². The number of fused-ring (bicyclic) bond motifs is 1. The summed E-state index contributed by atoms with van der Waals surface area (Å²) in [6.07, 6.45) is 0.361. The van der Waals surface area contributed by atoms with Crippen LogP contribution >= 0.6 is 0 Å². The van der Waals surface area contributed by atoms with Crippen LogP contribution in [-0.2, 0) is 19.9 Å². The lowest BCUT2D eigenvalue weighted by atomic mass is 9.79. The highest BCUT2D eigenvalue weighted by atomic mass is 16.5. The van der Waals surface area contributed by atoms with Crippen molar-refractivity contribution in [2.75, 3.05) is 19.7 Å². The summed E-state index contributed by atoms with van der Waals surface area (Å²) in [7, 11) is 0. The van der Waals surface area contributed by atoms with E-state index < -0.39 is 23.3 Å². The van der Waals surface area contributed by atoms with Crippen molar-refractivity contribution in [3.8, 4) is 5.75 Å². The van der Waals surface area contributed by atoms with Gasteiger partial charge >= 0.3 is 17.8 Å². The van der Waals surface area contributed by atoms with E-state index in [1.165, 1.54) is 4.90 Å². The molecule has 0 spiro atoms. The van der Waals surface area contributed by atoms with E-state index in [0.29, 0.717) is 23.3 Å². The quantitative estimate of drug-likeness (QED) is 0.149. The number of amides is 2. The fraction of sp³-hybridized carbons (Fsp3) is 0.259. The first-order valence-electron chi connectivity index (χ1n) is 11.7. The molecule has 0 bridgehead atoms. The molecule has 9 heteroatoms. The highest BCUT2D eigenvalue weighted by molar-refractivity contribution is 6.35. The van der Waals surface area contributed by atoms with Gasteiger partial charge in [-0.25, -0.2) is 0 Å². The average Bonchev–Trinajstić information content (AvgIpc) is 2.87. The standard InChI is InChI=1S/C27H28N4O5/c28-24(29)19-7-10-22(11-8-19)36-15-3-12-27(17-23(32)33,31-14-13-30-25(34)26(31)35)21-9-6-18-4-1-2-5-20(18)16-21/h1-2,4-11,16H,3,12-15,17H2,(H3,28,29)(H,30,34)(H,32,33). The summed E-state index contributed by atoms with van der Waals surface area (Å²) >= 11 is 0. The fourth-order valence-electron chi connectivity index (χ4n) is 4.72. The summed E-state index contributed by atoms with van der Waals surface area (Å²) in [6.45, 7) is 0.721. The topological polar surface area (TPSA) is 146 Å². The lowest BCUT2D eigenvalue weighted by Gasteiger charge is -2.45. The molecule has 5 N–H and O–H groups in total. The number of hydrogen-bond donors (Lipinski definition) is 4. The number of nitrogens with two attached hydrogens (primary N) is 1. The molecule has 1 saturated heterocycles. The van der Waals surface area contributed by atoms with Crippen LogP contribution in [0.5, 0.6) is 5.75 Å². The van der Waals surface area contributed by atoms with E-state index in [4.69, 9.17) is 15.9 Å². The number of piperazine rings is 1. The van der Waals surface area contributed by atoms with E-state index in [9.17, 15) is 19.5 Å². The zero-order valence-electron chi connectivity index (χ0n) is 19.7. The molecule has 4 rings (SSSR count). The molecule has 186 valence electrons. The minimum absolute atomic E-state index is 0.0365. The molecule has 1 fully saturated rings. The number of benzene rings is 3. The zero-order chi connectivity index (χ0) is 25.7. The smallest absolute Gasteiger partial charge is 0.312 e. The van der Waals surface area contributed by atoms with Crippen LogP contribution in [0.4, 0.5) is 0 Å². The Balaban J connectivity index is 1.64. The fourth-order valence-corrected chi connectivity index (χ4v) is 4.72. The molecule has 1 heterocycles. The number of carboxylic acids is 1. The third-order valence-corrected chi connectivity index (χ3v) is 6.48. The second kappa shape index (κ2) is 10.5. The molecular weight excluding hydrogens is 460 g/mol. The Bertz CT molecular complexity index is 1310. The lowest BCUT2D eigenvalue weighted by Crippen LogP contribution is -2.60. The van der Waals surface area contributed by atoms with Gasteiger partial charge in [0.2, 0.25) is 0 Å². The normalized spacial score (nSPS) is 15.3. The van der Waals surface area contributed by atoms with Crippen LogP contribution < -0.4 is 15.8 Å². The summed E-state index contributed by atoms with van der Waals surface area (Å²) in [4.78, 5) is 38.8. The van der Waals surface area contributed by atoms with Gasteiger partial charge in [-0.05, 0) is 59.5 Å². The number of nitrogens with zero attached hydrogens (tertiary/aromatic N) is 1. The number of ether oxygens (including phenoxy) is 1. The molecule has 1 aliphatic rings. The summed E-state index contributed by atoms with van der Waals surface area (Å²) < 4.78 is 5.84. The maximum Gasteiger partial charge on any atom is 0.312 e. The van der Waals surface area contributed by atoms with Gasteiger partial charge in [0.1, 0.15) is 11.6 Å². The van der Waals surface area contributed by atoms with Gasteiger partial charge in [0.25, 0.3) is 0 Å². The lowest BCUT2D eigenvalue weighted by molar-refractivity contribution is -0.157. The Morgan fingerprint density at radius 1 is 1.08 bits per heavy atom. The van der Waals surface area contributed by atoms with Crippen LogP contribution in [0.25, 0.3) is 10.8 Å². The molecular formula is C27H28N4O5. The summed E-state index contributed by atoms with van der Waals surface area (Å²) in [5, 5.41) is 21.9. The van der Waals surface area contributed by atoms with Crippen LogP contribution in [0.15, 0.2) is 66.7 Å². The number of nitrogen functional groups attached to an aromatic ring is 1. The first-order valence-corrected chi connectivity index (χ1v) is 11.7. The average molecular weight is 489 g/mol. The van der Waals surface area contributed by atoms with Gasteiger partial charge in [0, 0.05) is 18.7 Å². The summed E-state index contributed by atoms with van der Waals surface area (Å²) in [5.74, 6) is -1.99. The molecule has 0 saturated carbocycles. The largest absolute Gasteiger partial charge is 0.494 e. The van der Waals surface area contributed by atoms with Crippen molar-refractivity contribution in [2.24, 2.45) is 5.73 Å². The minimum Gasteiger partial charge on any atom is -0.494 e. The Hall–Kier alpha value is -4.40. The molecule has 0 aromatic heterocycles. The Labute approximate surface area is 208 Å². The molecule has 3 aromatic carbocycles. The molecule has 9 nitrogen and oxygen atoms in total. The van der Waals surface area contributed by atoms with Gasteiger partial charge in [-0.3, -0.25) is 19.8 Å². The number of rotatable bonds is 10. The molecule has 36 heavy (non-hydrogen) atoms. The number of carbonyl (C=O) groups excluding carboxylic acids is 2. The second-order valence-electron chi connectivity index (χ2n) is 8.77. The highest BCUT2D eigenvalue weighted by Crippen LogP contribution is 2.39. The summed E-state index contributed by atoms with van der Waals surface area (Å²) in [5.41, 5.74) is 5.51. The number of carboxylic acid groups (broad SMARTS) is 1. The number of carbonyl (C=O) groups is 3. The predicted molar refractivity (Wildman–Crippen MR) is 135 cm³/mol. The number of nitrogens with one attached hydrogen (secondary N) is 2. The van der Waals surface area contributed by atoms with Crippen molar-refractivity contribution in [1.82, 2.24) is 10.2 Å². The van der Waals surface area contributed by atoms with Crippen LogP contribution in [-0.4, -0.2) is 53.3 Å². The van der Waals surface area contributed by atoms with Gasteiger partial charge in [0.15, 0.2) is 0 Å². The molecule has 1 unspecified atom stereocenters. The third-order valence-electron chi connectivity index (χ3n) is 6.48. The van der Waals surface area contributed by atoms with Crippen LogP contribution in [0.2, 0.25) is 0 Å². The third kappa shape index (κ3) is 5.14. The van der Waals surface area contributed by atoms with E-state index >= 15 is 0 Å². The van der Waals surface area contributed by atoms with E-state index in [0.717, 1.165) is 10.8 Å². The Kier molecular flexibility index (Phi) is 7.19. The molecule has 2 amide bonds. The highest BCUT2D eigenvalue weighted by Gasteiger charge is 2.46. The molecule has 1 aliphatic heterocycles. The van der Waals surface area contributed by atoms with Crippen LogP contribution in [0.3, 0.4) is 0 Å². The first kappa shape index (κ1) is 24.7. The number of amidine groups is 1. The van der Waals surface area contributed by atoms with E-state index in [-0.39, 0.29) is 38.4 Å². The van der Waals surface area contributed by atoms with Crippen molar-refractivity contribution in [2.45, 2.75) is 24.8 Å². The number of hydrogen-bond acceptors (Lipinski definition) is 5. The van der Waals surface area contributed by atoms with Gasteiger partial charge in [-0.1, -0.05) is 36.4 Å². The van der Waals surface area contributed by atoms with Crippen molar-refractivity contribution in [3.63, 3.8) is 0 Å². The molecule has 0 radical (unpaired) electrons. The Morgan fingerprint density at radius 3 is 2.50 bits per heavy atom. The van der Waals surface area contributed by atoms with Crippen molar-refractivity contribution in [3.05, 3.63) is 77.9 Å². The Morgan fingerprint density at radius 2 is 1.81 bits per heavy atom.